The number of ether oxygens (including phenoxy) is 6. The van der Waals surface area contributed by atoms with Crippen LogP contribution in [0.25, 0.3) is 0 Å². The Kier molecular flexibility index (Phi) is 10.3. The Balaban J connectivity index is 3.28. The van der Waals surface area contributed by atoms with Crippen molar-refractivity contribution in [2.24, 2.45) is 0 Å². The highest BCUT2D eigenvalue weighted by Crippen LogP contribution is 2.34. The summed E-state index contributed by atoms with van der Waals surface area (Å²) in [6.07, 6.45) is -3.61. The Morgan fingerprint density at radius 1 is 0.833 bits per heavy atom. The Morgan fingerprint density at radius 2 is 1.37 bits per heavy atom. The molecule has 0 bridgehead atoms. The molecular weight excluding hydrogens is 424 g/mol. The van der Waals surface area contributed by atoms with Crippen LogP contribution in [0.2, 0.25) is 0 Å². The molecule has 0 saturated carbocycles. The van der Waals surface area contributed by atoms with Gasteiger partial charge < -0.3 is 28.4 Å². The van der Waals surface area contributed by atoms with Gasteiger partial charge in [0, 0.05) is 33.8 Å². The van der Waals surface area contributed by atoms with Crippen LogP contribution in [-0.2, 0) is 52.4 Å². The van der Waals surface area contributed by atoms with E-state index in [1.165, 1.54) is 19.4 Å². The first-order chi connectivity index (χ1) is 14.0. The fourth-order valence-electron chi connectivity index (χ4n) is 2.54. The quantitative estimate of drug-likeness (QED) is 0.290. The van der Waals surface area contributed by atoms with Crippen LogP contribution >= 0.6 is 11.8 Å². The number of thioether (sulfide) groups is 1. The fraction of sp³-hybridized carbons (Fsp3) is 0.611. The summed E-state index contributed by atoms with van der Waals surface area (Å²) in [6.45, 7) is 4.26. The summed E-state index contributed by atoms with van der Waals surface area (Å²) in [5.41, 5.74) is -0.994. The molecule has 0 spiro atoms. The first-order valence-corrected chi connectivity index (χ1v) is 9.69. The van der Waals surface area contributed by atoms with Gasteiger partial charge in [0.05, 0.1) is 7.11 Å². The van der Waals surface area contributed by atoms with Crippen molar-refractivity contribution < 1.29 is 52.4 Å². The lowest BCUT2D eigenvalue weighted by Gasteiger charge is -2.43. The van der Waals surface area contributed by atoms with Gasteiger partial charge >= 0.3 is 29.8 Å². The van der Waals surface area contributed by atoms with Crippen LogP contribution in [0, 0.1) is 0 Å². The molecule has 168 valence electrons. The molecule has 30 heavy (non-hydrogen) atoms. The first kappa shape index (κ1) is 25.4. The highest BCUT2D eigenvalue weighted by Gasteiger charge is 2.52. The second kappa shape index (κ2) is 12.2. The van der Waals surface area contributed by atoms with E-state index in [9.17, 15) is 24.0 Å². The average Bonchev–Trinajstić information content (AvgIpc) is 2.63. The third-order valence-electron chi connectivity index (χ3n) is 3.57. The van der Waals surface area contributed by atoms with Crippen molar-refractivity contribution in [2.45, 2.75) is 57.5 Å². The molecule has 0 aliphatic carbocycles. The van der Waals surface area contributed by atoms with Gasteiger partial charge in [-0.05, 0) is 5.41 Å². The second-order valence-electron chi connectivity index (χ2n) is 6.03. The van der Waals surface area contributed by atoms with Crippen molar-refractivity contribution in [3.8, 4) is 0 Å². The smallest absolute Gasteiger partial charge is 0.330 e. The lowest BCUT2D eigenvalue weighted by atomic mass is 9.99. The third kappa shape index (κ3) is 8.41. The fourth-order valence-corrected chi connectivity index (χ4v) is 3.46. The molecule has 0 aromatic rings. The molecule has 1 fully saturated rings. The summed E-state index contributed by atoms with van der Waals surface area (Å²) in [5, 5.41) is 1.34. The SMILES string of the molecule is COC(=O)/C=C/S[C@@H]1O[C@H](COC(C)=O)[C@@H](OC(C)=O)[C@H](OC(C)=O)[C@H]1OC(C)=O. The molecule has 0 unspecified atom stereocenters. The van der Waals surface area contributed by atoms with Crippen LogP contribution in [0.15, 0.2) is 11.5 Å². The molecule has 1 aliphatic heterocycles. The monoisotopic (exact) mass is 448 g/mol. The molecule has 0 aromatic heterocycles. The van der Waals surface area contributed by atoms with E-state index in [-0.39, 0.29) is 6.61 Å². The van der Waals surface area contributed by atoms with Crippen LogP contribution in [0.3, 0.4) is 0 Å². The molecule has 1 heterocycles. The number of carbonyl (C=O) groups is 5. The van der Waals surface area contributed by atoms with Gasteiger partial charge in [0.15, 0.2) is 18.3 Å². The van der Waals surface area contributed by atoms with Crippen molar-refractivity contribution in [2.75, 3.05) is 13.7 Å². The molecule has 0 N–H and O–H groups in total. The zero-order valence-corrected chi connectivity index (χ0v) is 18.0. The van der Waals surface area contributed by atoms with Crippen molar-refractivity contribution in [1.82, 2.24) is 0 Å². The van der Waals surface area contributed by atoms with Crippen LogP contribution in [0.1, 0.15) is 27.7 Å². The summed E-state index contributed by atoms with van der Waals surface area (Å²) < 4.78 is 31.1. The highest BCUT2D eigenvalue weighted by atomic mass is 32.2. The molecule has 0 amide bonds. The maximum Gasteiger partial charge on any atom is 0.330 e. The van der Waals surface area contributed by atoms with E-state index in [1.54, 1.807) is 0 Å². The van der Waals surface area contributed by atoms with Crippen LogP contribution < -0.4 is 0 Å². The van der Waals surface area contributed by atoms with Gasteiger partial charge in [0.1, 0.15) is 18.1 Å². The van der Waals surface area contributed by atoms with E-state index in [1.807, 2.05) is 0 Å². The summed E-state index contributed by atoms with van der Waals surface area (Å²) in [6, 6.07) is 0. The topological polar surface area (TPSA) is 141 Å². The van der Waals surface area contributed by atoms with Gasteiger partial charge in [-0.1, -0.05) is 11.8 Å². The van der Waals surface area contributed by atoms with Crippen molar-refractivity contribution in [1.29, 1.82) is 0 Å². The molecule has 0 aromatic carbocycles. The highest BCUT2D eigenvalue weighted by molar-refractivity contribution is 8.02. The van der Waals surface area contributed by atoms with E-state index in [0.717, 1.165) is 38.6 Å². The molecule has 5 atom stereocenters. The van der Waals surface area contributed by atoms with E-state index < -0.39 is 59.7 Å². The van der Waals surface area contributed by atoms with Crippen LogP contribution in [0.5, 0.6) is 0 Å². The summed E-state index contributed by atoms with van der Waals surface area (Å²) in [7, 11) is 1.20. The number of rotatable bonds is 8. The van der Waals surface area contributed by atoms with Crippen LogP contribution in [0.4, 0.5) is 0 Å². The van der Waals surface area contributed by atoms with Gasteiger partial charge in [-0.3, -0.25) is 19.2 Å². The molecule has 1 aliphatic rings. The molecule has 12 heteroatoms. The normalized spacial score (nSPS) is 25.8. The number of esters is 5. The largest absolute Gasteiger partial charge is 0.466 e. The average molecular weight is 448 g/mol. The number of hydrogen-bond acceptors (Lipinski definition) is 12. The van der Waals surface area contributed by atoms with Crippen molar-refractivity contribution >= 4 is 41.6 Å². The Hall–Kier alpha value is -2.60. The maximum atomic E-state index is 11.7. The predicted octanol–water partition coefficient (Wildman–Crippen LogP) is 0.489. The Bertz CT molecular complexity index is 690. The van der Waals surface area contributed by atoms with Crippen molar-refractivity contribution in [3.05, 3.63) is 11.5 Å². The lowest BCUT2D eigenvalue weighted by molar-refractivity contribution is -0.237. The molecular formula is C18H24O11S. The lowest BCUT2D eigenvalue weighted by Crippen LogP contribution is -2.61. The van der Waals surface area contributed by atoms with Gasteiger partial charge in [0.25, 0.3) is 0 Å². The second-order valence-corrected chi connectivity index (χ2v) is 7.04. The molecule has 0 radical (unpaired) electrons. The minimum Gasteiger partial charge on any atom is -0.466 e. The Morgan fingerprint density at radius 3 is 1.87 bits per heavy atom. The Labute approximate surface area is 177 Å². The van der Waals surface area contributed by atoms with E-state index in [0.29, 0.717) is 0 Å². The number of hydrogen-bond donors (Lipinski definition) is 0. The number of carbonyl (C=O) groups excluding carboxylic acids is 5. The third-order valence-corrected chi connectivity index (χ3v) is 4.51. The van der Waals surface area contributed by atoms with Crippen LogP contribution in [-0.4, -0.2) is 73.4 Å². The molecule has 11 nitrogen and oxygen atoms in total. The zero-order valence-electron chi connectivity index (χ0n) is 17.1. The van der Waals surface area contributed by atoms with E-state index in [4.69, 9.17) is 23.7 Å². The first-order valence-electron chi connectivity index (χ1n) is 8.75. The maximum absolute atomic E-state index is 11.7. The van der Waals surface area contributed by atoms with Gasteiger partial charge in [-0.25, -0.2) is 4.79 Å². The van der Waals surface area contributed by atoms with E-state index in [2.05, 4.69) is 4.74 Å². The van der Waals surface area contributed by atoms with Gasteiger partial charge in [-0.2, -0.15) is 0 Å². The van der Waals surface area contributed by atoms with E-state index >= 15 is 0 Å². The summed E-state index contributed by atoms with van der Waals surface area (Å²) >= 11 is 0.928. The summed E-state index contributed by atoms with van der Waals surface area (Å²) in [4.78, 5) is 57.5. The molecule has 1 rings (SSSR count). The predicted molar refractivity (Wildman–Crippen MR) is 101 cm³/mol. The van der Waals surface area contributed by atoms with Gasteiger partial charge in [-0.15, -0.1) is 0 Å². The minimum absolute atomic E-state index is 0.324. The molecule has 1 saturated heterocycles. The standard InChI is InChI=1S/C18H24O11S/c1-9(19)25-8-13-15(26-10(2)20)16(27-11(3)21)17(28-12(4)22)18(29-13)30-7-6-14(23)24-5/h6-7,13,15-18H,8H2,1-5H3/b7-6+/t13-,15-,16+,17-,18+/m1/s1. The minimum atomic E-state index is -1.26. The van der Waals surface area contributed by atoms with Gasteiger partial charge in [0.2, 0.25) is 0 Å². The van der Waals surface area contributed by atoms with Crippen molar-refractivity contribution in [3.63, 3.8) is 0 Å². The zero-order chi connectivity index (χ0) is 22.8. The summed E-state index contributed by atoms with van der Waals surface area (Å²) in [5.74, 6) is -3.39. The number of methoxy groups -OCH3 is 1.